The molecule has 0 saturated carbocycles. The van der Waals surface area contributed by atoms with Gasteiger partial charge >= 0.3 is 0 Å². The number of ether oxygens (including phenoxy) is 1. The van der Waals surface area contributed by atoms with Crippen molar-refractivity contribution in [2.24, 2.45) is 11.7 Å². The van der Waals surface area contributed by atoms with Crippen molar-refractivity contribution in [3.8, 4) is 0 Å². The fourth-order valence-corrected chi connectivity index (χ4v) is 1.34. The minimum absolute atomic E-state index is 0.0434. The molecule has 1 fully saturated rings. The maximum atomic E-state index is 10.7. The summed E-state index contributed by atoms with van der Waals surface area (Å²) in [7, 11) is 0. The molecule has 0 spiro atoms. The van der Waals surface area contributed by atoms with Crippen LogP contribution in [0.1, 0.15) is 26.2 Å². The Balaban J connectivity index is 2.23. The third kappa shape index (κ3) is 2.50. The second kappa shape index (κ2) is 3.72. The van der Waals surface area contributed by atoms with E-state index >= 15 is 0 Å². The molecule has 1 aliphatic rings. The molecule has 11 heavy (non-hydrogen) atoms. The van der Waals surface area contributed by atoms with Crippen molar-refractivity contribution in [2.45, 2.75) is 32.3 Å². The molecule has 3 nitrogen and oxygen atoms in total. The lowest BCUT2D eigenvalue weighted by atomic mass is 10.0. The predicted octanol–water partition coefficient (Wildman–Crippen LogP) is 0.677. The summed E-state index contributed by atoms with van der Waals surface area (Å²) in [5.41, 5.74) is 5.12. The van der Waals surface area contributed by atoms with E-state index in [0.29, 0.717) is 0 Å². The Morgan fingerprint density at radius 3 is 3.00 bits per heavy atom. The number of rotatable bonds is 3. The fourth-order valence-electron chi connectivity index (χ4n) is 1.34. The Hall–Kier alpha value is -0.570. The highest BCUT2D eigenvalue weighted by molar-refractivity contribution is 5.76. The quantitative estimate of drug-likeness (QED) is 0.654. The Morgan fingerprint density at radius 2 is 2.55 bits per heavy atom. The zero-order chi connectivity index (χ0) is 8.27. The number of nitrogens with two attached hydrogens (primary N) is 1. The normalized spacial score (nSPS) is 26.8. The molecule has 0 aromatic heterocycles. The van der Waals surface area contributed by atoms with Crippen LogP contribution in [0.3, 0.4) is 0 Å². The molecule has 0 bridgehead atoms. The Morgan fingerprint density at radius 1 is 1.82 bits per heavy atom. The van der Waals surface area contributed by atoms with Crippen molar-refractivity contribution in [3.63, 3.8) is 0 Å². The van der Waals surface area contributed by atoms with Crippen molar-refractivity contribution in [3.05, 3.63) is 0 Å². The van der Waals surface area contributed by atoms with Crippen LogP contribution >= 0.6 is 0 Å². The molecule has 0 aromatic rings. The van der Waals surface area contributed by atoms with E-state index in [1.807, 2.05) is 6.92 Å². The lowest BCUT2D eigenvalue weighted by Gasteiger charge is -2.12. The van der Waals surface area contributed by atoms with E-state index < -0.39 is 0 Å². The Labute approximate surface area is 66.9 Å². The van der Waals surface area contributed by atoms with Crippen LogP contribution in [0.4, 0.5) is 0 Å². The first-order valence-corrected chi connectivity index (χ1v) is 4.11. The minimum atomic E-state index is -0.222. The number of amides is 1. The highest BCUT2D eigenvalue weighted by Gasteiger charge is 2.20. The summed E-state index contributed by atoms with van der Waals surface area (Å²) in [6, 6.07) is 0. The molecule has 1 unspecified atom stereocenters. The second-order valence-corrected chi connectivity index (χ2v) is 3.17. The molecule has 64 valence electrons. The van der Waals surface area contributed by atoms with E-state index in [1.54, 1.807) is 0 Å². The molecule has 2 N–H and O–H groups in total. The zero-order valence-electron chi connectivity index (χ0n) is 6.88. The van der Waals surface area contributed by atoms with Gasteiger partial charge in [-0.15, -0.1) is 0 Å². The smallest absolute Gasteiger partial charge is 0.220 e. The van der Waals surface area contributed by atoms with Gasteiger partial charge < -0.3 is 10.5 Å². The second-order valence-electron chi connectivity index (χ2n) is 3.17. The third-order valence-corrected chi connectivity index (χ3v) is 2.13. The molecule has 0 aliphatic carbocycles. The molecule has 1 saturated heterocycles. The standard InChI is InChI=1S/C8H15NO2/c1-6(8(9)10)5-7-3-2-4-11-7/h6-7H,2-5H2,1H3,(H2,9,10)/t6?,7-/m1/s1. The minimum Gasteiger partial charge on any atom is -0.378 e. The molecule has 1 rings (SSSR count). The van der Waals surface area contributed by atoms with Crippen LogP contribution in [0.5, 0.6) is 0 Å². The van der Waals surface area contributed by atoms with Gasteiger partial charge in [-0.3, -0.25) is 4.79 Å². The lowest BCUT2D eigenvalue weighted by molar-refractivity contribution is -0.122. The molecular weight excluding hydrogens is 142 g/mol. The number of carbonyl (C=O) groups excluding carboxylic acids is 1. The number of primary amides is 1. The fraction of sp³-hybridized carbons (Fsp3) is 0.875. The van der Waals surface area contributed by atoms with E-state index in [0.717, 1.165) is 25.9 Å². The Kier molecular flexibility index (Phi) is 2.88. The molecule has 2 atom stereocenters. The van der Waals surface area contributed by atoms with Crippen molar-refractivity contribution in [1.82, 2.24) is 0 Å². The summed E-state index contributed by atoms with van der Waals surface area (Å²) in [5, 5.41) is 0. The lowest BCUT2D eigenvalue weighted by Crippen LogP contribution is -2.24. The summed E-state index contributed by atoms with van der Waals surface area (Å²) < 4.78 is 5.37. The molecule has 0 radical (unpaired) electrons. The van der Waals surface area contributed by atoms with Gasteiger partial charge in [-0.25, -0.2) is 0 Å². The molecule has 1 heterocycles. The zero-order valence-corrected chi connectivity index (χ0v) is 6.88. The highest BCUT2D eigenvalue weighted by atomic mass is 16.5. The molecule has 0 aromatic carbocycles. The van der Waals surface area contributed by atoms with Crippen molar-refractivity contribution in [2.75, 3.05) is 6.61 Å². The number of carbonyl (C=O) groups is 1. The van der Waals surface area contributed by atoms with E-state index in [1.165, 1.54) is 0 Å². The molecule has 1 amide bonds. The van der Waals surface area contributed by atoms with Crippen LogP contribution in [0.25, 0.3) is 0 Å². The van der Waals surface area contributed by atoms with Crippen LogP contribution in [-0.4, -0.2) is 18.6 Å². The summed E-state index contributed by atoms with van der Waals surface area (Å²) in [5.74, 6) is -0.265. The van der Waals surface area contributed by atoms with Gasteiger partial charge in [0.05, 0.1) is 6.10 Å². The predicted molar refractivity (Wildman–Crippen MR) is 41.9 cm³/mol. The van der Waals surface area contributed by atoms with Gasteiger partial charge in [0, 0.05) is 12.5 Å². The van der Waals surface area contributed by atoms with Crippen LogP contribution in [0.15, 0.2) is 0 Å². The highest BCUT2D eigenvalue weighted by Crippen LogP contribution is 2.19. The Bertz CT molecular complexity index is 141. The van der Waals surface area contributed by atoms with Gasteiger partial charge in [0.2, 0.25) is 5.91 Å². The van der Waals surface area contributed by atoms with Gasteiger partial charge in [0.25, 0.3) is 0 Å². The largest absolute Gasteiger partial charge is 0.378 e. The van der Waals surface area contributed by atoms with Gasteiger partial charge in [0.15, 0.2) is 0 Å². The van der Waals surface area contributed by atoms with E-state index in [4.69, 9.17) is 10.5 Å². The molecule has 1 aliphatic heterocycles. The average Bonchev–Trinajstić information content (AvgIpc) is 2.39. The molecular formula is C8H15NO2. The van der Waals surface area contributed by atoms with Crippen molar-refractivity contribution in [1.29, 1.82) is 0 Å². The summed E-state index contributed by atoms with van der Waals surface area (Å²) in [6.45, 7) is 2.69. The maximum absolute atomic E-state index is 10.7. The van der Waals surface area contributed by atoms with Crippen LogP contribution in [0, 0.1) is 5.92 Å². The van der Waals surface area contributed by atoms with Gasteiger partial charge in [0.1, 0.15) is 0 Å². The van der Waals surface area contributed by atoms with Crippen molar-refractivity contribution < 1.29 is 9.53 Å². The van der Waals surface area contributed by atoms with Crippen LogP contribution in [-0.2, 0) is 9.53 Å². The van der Waals surface area contributed by atoms with E-state index in [2.05, 4.69) is 0 Å². The number of hydrogen-bond acceptors (Lipinski definition) is 2. The monoisotopic (exact) mass is 157 g/mol. The summed E-state index contributed by atoms with van der Waals surface area (Å²) in [6.07, 6.45) is 3.26. The van der Waals surface area contributed by atoms with Crippen LogP contribution in [0.2, 0.25) is 0 Å². The summed E-state index contributed by atoms with van der Waals surface area (Å²) >= 11 is 0. The van der Waals surface area contributed by atoms with E-state index in [9.17, 15) is 4.79 Å². The molecule has 3 heteroatoms. The van der Waals surface area contributed by atoms with Crippen molar-refractivity contribution >= 4 is 5.91 Å². The first-order valence-electron chi connectivity index (χ1n) is 4.11. The van der Waals surface area contributed by atoms with Gasteiger partial charge in [-0.05, 0) is 19.3 Å². The average molecular weight is 157 g/mol. The SMILES string of the molecule is CC(C[C@H]1CCCO1)C(N)=O. The third-order valence-electron chi connectivity index (χ3n) is 2.13. The maximum Gasteiger partial charge on any atom is 0.220 e. The van der Waals surface area contributed by atoms with Gasteiger partial charge in [-0.1, -0.05) is 6.92 Å². The first-order chi connectivity index (χ1) is 5.20. The van der Waals surface area contributed by atoms with Crippen LogP contribution < -0.4 is 5.73 Å². The van der Waals surface area contributed by atoms with E-state index in [-0.39, 0.29) is 17.9 Å². The first kappa shape index (κ1) is 8.53. The summed E-state index contributed by atoms with van der Waals surface area (Å²) in [4.78, 5) is 10.7. The number of hydrogen-bond donors (Lipinski definition) is 1. The van der Waals surface area contributed by atoms with Gasteiger partial charge in [-0.2, -0.15) is 0 Å². The topological polar surface area (TPSA) is 52.3 Å².